The van der Waals surface area contributed by atoms with Gasteiger partial charge in [0.05, 0.1) is 11.4 Å². The van der Waals surface area contributed by atoms with Crippen molar-refractivity contribution in [2.75, 3.05) is 11.9 Å². The van der Waals surface area contributed by atoms with Crippen molar-refractivity contribution in [2.24, 2.45) is 7.05 Å². The summed E-state index contributed by atoms with van der Waals surface area (Å²) in [6.07, 6.45) is 3.54. The molecular weight excluding hydrogens is 364 g/mol. The molecule has 29 heavy (non-hydrogen) atoms. The Morgan fingerprint density at radius 1 is 1.14 bits per heavy atom. The summed E-state index contributed by atoms with van der Waals surface area (Å²) < 4.78 is 1.62. The molecule has 0 amide bonds. The molecule has 7 nitrogen and oxygen atoms in total. The summed E-state index contributed by atoms with van der Waals surface area (Å²) in [5.41, 5.74) is 5.05. The summed E-state index contributed by atoms with van der Waals surface area (Å²) in [7, 11) is 3.71. The number of hydrogen-bond acceptors (Lipinski definition) is 5. The quantitative estimate of drug-likeness (QED) is 0.548. The molecule has 4 aromatic rings. The van der Waals surface area contributed by atoms with E-state index in [1.807, 2.05) is 30.1 Å². The number of fused-ring (bicyclic) bond motifs is 1. The molecule has 0 aliphatic carbocycles. The highest BCUT2D eigenvalue weighted by molar-refractivity contribution is 5.77. The van der Waals surface area contributed by atoms with Crippen LogP contribution >= 0.6 is 0 Å². The number of anilines is 1. The van der Waals surface area contributed by atoms with Gasteiger partial charge in [-0.2, -0.15) is 5.10 Å². The third kappa shape index (κ3) is 3.76. The van der Waals surface area contributed by atoms with E-state index < -0.39 is 0 Å². The lowest BCUT2D eigenvalue weighted by Crippen LogP contribution is -2.23. The van der Waals surface area contributed by atoms with Crippen LogP contribution in [0.5, 0.6) is 0 Å². The van der Waals surface area contributed by atoms with Gasteiger partial charge in [-0.1, -0.05) is 43.7 Å². The van der Waals surface area contributed by atoms with Gasteiger partial charge in [-0.15, -0.1) is 0 Å². The maximum atomic E-state index is 12.6. The summed E-state index contributed by atoms with van der Waals surface area (Å²) in [5.74, 6) is 0.543. The molecule has 148 valence electrons. The van der Waals surface area contributed by atoms with Gasteiger partial charge in [0.15, 0.2) is 5.52 Å². The topological polar surface area (TPSA) is 79.7 Å². The fourth-order valence-corrected chi connectivity index (χ4v) is 3.48. The van der Waals surface area contributed by atoms with Crippen molar-refractivity contribution in [2.45, 2.75) is 26.3 Å². The molecule has 0 aliphatic rings. The van der Waals surface area contributed by atoms with Crippen LogP contribution in [0.3, 0.4) is 0 Å². The van der Waals surface area contributed by atoms with Crippen LogP contribution in [-0.4, -0.2) is 31.8 Å². The van der Waals surface area contributed by atoms with Crippen molar-refractivity contribution >= 4 is 17.0 Å². The predicted octanol–water partition coefficient (Wildman–Crippen LogP) is 3.31. The molecule has 1 aromatic carbocycles. The number of aromatic nitrogens is 5. The molecule has 0 aliphatic heterocycles. The number of benzene rings is 1. The van der Waals surface area contributed by atoms with E-state index in [1.165, 1.54) is 0 Å². The number of nitrogens with zero attached hydrogens (tertiary/aromatic N) is 5. The fraction of sp³-hybridized carbons (Fsp3) is 0.273. The van der Waals surface area contributed by atoms with Crippen molar-refractivity contribution in [3.63, 3.8) is 0 Å². The minimum Gasteiger partial charge on any atom is -0.341 e. The van der Waals surface area contributed by atoms with E-state index in [-0.39, 0.29) is 5.56 Å². The van der Waals surface area contributed by atoms with Gasteiger partial charge < -0.3 is 4.90 Å². The normalized spacial score (nSPS) is 11.1. The number of H-pyrrole nitrogens is 1. The zero-order chi connectivity index (χ0) is 20.4. The van der Waals surface area contributed by atoms with Crippen LogP contribution in [0.1, 0.15) is 24.6 Å². The number of nitrogens with one attached hydrogen (secondary N) is 1. The minimum absolute atomic E-state index is 0.167. The second-order valence-corrected chi connectivity index (χ2v) is 7.18. The van der Waals surface area contributed by atoms with E-state index in [4.69, 9.17) is 4.98 Å². The van der Waals surface area contributed by atoms with Gasteiger partial charge in [0.2, 0.25) is 5.95 Å². The largest absolute Gasteiger partial charge is 0.341 e. The van der Waals surface area contributed by atoms with Crippen LogP contribution in [0.15, 0.2) is 53.5 Å². The van der Waals surface area contributed by atoms with Crippen LogP contribution in [0, 0.1) is 0 Å². The Bertz CT molecular complexity index is 1180. The molecule has 4 rings (SSSR count). The van der Waals surface area contributed by atoms with Gasteiger partial charge in [0.1, 0.15) is 5.52 Å². The highest BCUT2D eigenvalue weighted by Gasteiger charge is 2.16. The van der Waals surface area contributed by atoms with Crippen molar-refractivity contribution in [3.05, 3.63) is 70.3 Å². The molecule has 0 bridgehead atoms. The predicted molar refractivity (Wildman–Crippen MR) is 115 cm³/mol. The number of pyridine rings is 1. The highest BCUT2D eigenvalue weighted by Crippen LogP contribution is 2.20. The van der Waals surface area contributed by atoms with E-state index in [2.05, 4.69) is 46.3 Å². The first-order valence-electron chi connectivity index (χ1n) is 9.74. The molecule has 3 heterocycles. The Labute approximate surface area is 169 Å². The molecule has 0 spiro atoms. The Morgan fingerprint density at radius 3 is 2.62 bits per heavy atom. The third-order valence-electron chi connectivity index (χ3n) is 4.93. The first-order chi connectivity index (χ1) is 14.1. The average Bonchev–Trinajstić information content (AvgIpc) is 3.05. The lowest BCUT2D eigenvalue weighted by Gasteiger charge is -2.18. The lowest BCUT2D eigenvalue weighted by atomic mass is 10.1. The molecule has 1 N–H and O–H groups in total. The molecular formula is C22H24N6O. The number of aromatic amines is 1. The first-order valence-corrected chi connectivity index (χ1v) is 9.74. The van der Waals surface area contributed by atoms with Gasteiger partial charge in [0.25, 0.3) is 5.56 Å². The lowest BCUT2D eigenvalue weighted by molar-refractivity contribution is 0.750. The van der Waals surface area contributed by atoms with E-state index in [9.17, 15) is 4.79 Å². The standard InChI is InChI=1S/C22H24N6O/c1-4-7-18-19-20(28(3)26-18)21(29)25-22(24-19)27(2)14-15-9-11-16(12-10-15)17-8-5-6-13-23-17/h5-6,8-13H,4,7,14H2,1-3H3,(H,24,25,29). The second-order valence-electron chi connectivity index (χ2n) is 7.18. The molecule has 7 heteroatoms. The van der Waals surface area contributed by atoms with E-state index in [1.54, 1.807) is 17.9 Å². The number of rotatable bonds is 6. The maximum Gasteiger partial charge on any atom is 0.278 e. The van der Waals surface area contributed by atoms with Crippen molar-refractivity contribution in [3.8, 4) is 11.3 Å². The Kier molecular flexibility index (Phi) is 5.12. The van der Waals surface area contributed by atoms with Crippen LogP contribution in [0.25, 0.3) is 22.3 Å². The summed E-state index contributed by atoms with van der Waals surface area (Å²) in [4.78, 5) is 26.5. The molecule has 0 unspecified atom stereocenters. The molecule has 3 aromatic heterocycles. The summed E-state index contributed by atoms with van der Waals surface area (Å²) in [6.45, 7) is 2.72. The number of hydrogen-bond donors (Lipinski definition) is 1. The third-order valence-corrected chi connectivity index (χ3v) is 4.93. The molecule has 0 saturated heterocycles. The van der Waals surface area contributed by atoms with Gasteiger partial charge in [-0.3, -0.25) is 19.4 Å². The summed E-state index contributed by atoms with van der Waals surface area (Å²) in [5, 5.41) is 4.47. The number of aryl methyl sites for hydroxylation is 2. The zero-order valence-electron chi connectivity index (χ0n) is 16.9. The van der Waals surface area contributed by atoms with Crippen molar-refractivity contribution in [1.29, 1.82) is 0 Å². The monoisotopic (exact) mass is 388 g/mol. The van der Waals surface area contributed by atoms with Gasteiger partial charge >= 0.3 is 0 Å². The van der Waals surface area contributed by atoms with Crippen LogP contribution in [0.2, 0.25) is 0 Å². The first kappa shape index (κ1) is 18.9. The average molecular weight is 388 g/mol. The minimum atomic E-state index is -0.167. The Hall–Kier alpha value is -3.48. The Morgan fingerprint density at radius 2 is 1.93 bits per heavy atom. The highest BCUT2D eigenvalue weighted by atomic mass is 16.1. The van der Waals surface area contributed by atoms with E-state index >= 15 is 0 Å². The van der Waals surface area contributed by atoms with E-state index in [0.717, 1.165) is 35.4 Å². The second kappa shape index (κ2) is 7.87. The van der Waals surface area contributed by atoms with Crippen molar-refractivity contribution < 1.29 is 0 Å². The molecule has 0 atom stereocenters. The molecule has 0 saturated carbocycles. The Balaban J connectivity index is 1.60. The SMILES string of the molecule is CCCc1nn(C)c2c(=O)[nH]c(N(C)Cc3ccc(-c4ccccn4)cc3)nc12. The fourth-order valence-electron chi connectivity index (χ4n) is 3.48. The van der Waals surface area contributed by atoms with Crippen molar-refractivity contribution in [1.82, 2.24) is 24.7 Å². The van der Waals surface area contributed by atoms with Gasteiger partial charge in [-0.25, -0.2) is 4.98 Å². The maximum absolute atomic E-state index is 12.6. The van der Waals surface area contributed by atoms with E-state index in [0.29, 0.717) is 23.5 Å². The summed E-state index contributed by atoms with van der Waals surface area (Å²) in [6, 6.07) is 14.1. The smallest absolute Gasteiger partial charge is 0.278 e. The molecule has 0 fully saturated rings. The van der Waals surface area contributed by atoms with Crippen LogP contribution < -0.4 is 10.5 Å². The van der Waals surface area contributed by atoms with Gasteiger partial charge in [0, 0.05) is 32.4 Å². The van der Waals surface area contributed by atoms with Crippen LogP contribution in [0.4, 0.5) is 5.95 Å². The van der Waals surface area contributed by atoms with Gasteiger partial charge in [-0.05, 0) is 24.1 Å². The molecule has 0 radical (unpaired) electrons. The zero-order valence-corrected chi connectivity index (χ0v) is 16.9. The summed E-state index contributed by atoms with van der Waals surface area (Å²) >= 11 is 0. The van der Waals surface area contributed by atoms with Crippen LogP contribution in [-0.2, 0) is 20.0 Å².